The second-order valence-electron chi connectivity index (χ2n) is 5.10. The number of hydrogen-bond acceptors (Lipinski definition) is 6. The SMILES string of the molecule is CCCC(=O)O[C@H]1CN2CC[C@H](O)[C@H]2[C@@H](O)[C@@H]1O.Cl. The van der Waals surface area contributed by atoms with Crippen LogP contribution >= 0.6 is 12.4 Å². The summed E-state index contributed by atoms with van der Waals surface area (Å²) in [5.41, 5.74) is 0. The van der Waals surface area contributed by atoms with Gasteiger partial charge in [0.2, 0.25) is 0 Å². The molecule has 2 aliphatic rings. The molecule has 0 aromatic heterocycles. The number of ether oxygens (including phenoxy) is 1. The fraction of sp³-hybridized carbons (Fsp3) is 0.917. The molecule has 2 fully saturated rings. The quantitative estimate of drug-likeness (QED) is 0.596. The molecule has 0 bridgehead atoms. The van der Waals surface area contributed by atoms with Crippen LogP contribution in [0.3, 0.4) is 0 Å². The number of nitrogens with zero attached hydrogens (tertiary/aromatic N) is 1. The molecule has 5 atom stereocenters. The summed E-state index contributed by atoms with van der Waals surface area (Å²) in [7, 11) is 0. The zero-order valence-electron chi connectivity index (χ0n) is 10.9. The van der Waals surface area contributed by atoms with Crippen molar-refractivity contribution in [3.05, 3.63) is 0 Å². The van der Waals surface area contributed by atoms with Crippen LogP contribution in [-0.4, -0.2) is 69.7 Å². The van der Waals surface area contributed by atoms with Gasteiger partial charge in [-0.15, -0.1) is 12.4 Å². The molecular formula is C12H22ClNO5. The van der Waals surface area contributed by atoms with Gasteiger partial charge in [0.15, 0.2) is 0 Å². The van der Waals surface area contributed by atoms with E-state index in [-0.39, 0.29) is 18.4 Å². The first-order valence-corrected chi connectivity index (χ1v) is 6.52. The van der Waals surface area contributed by atoms with Gasteiger partial charge in [0.25, 0.3) is 0 Å². The third-order valence-corrected chi connectivity index (χ3v) is 3.76. The molecule has 0 unspecified atom stereocenters. The van der Waals surface area contributed by atoms with E-state index in [1.54, 1.807) is 0 Å². The average molecular weight is 296 g/mol. The van der Waals surface area contributed by atoms with Crippen molar-refractivity contribution >= 4 is 18.4 Å². The standard InChI is InChI=1S/C12H21NO5.ClH/c1-2-3-9(15)18-8-6-13-5-4-7(14)10(13)12(17)11(8)16;/h7-8,10-12,14,16-17H,2-6H2,1H3;1H/t7-,8-,10-,11+,12+;/m0./s1. The Kier molecular flexibility index (Phi) is 6.01. The highest BCUT2D eigenvalue weighted by Crippen LogP contribution is 2.29. The van der Waals surface area contributed by atoms with Crippen LogP contribution in [0.25, 0.3) is 0 Å². The fourth-order valence-corrected chi connectivity index (χ4v) is 2.82. The molecule has 2 saturated heterocycles. The van der Waals surface area contributed by atoms with E-state index < -0.39 is 30.5 Å². The lowest BCUT2D eigenvalue weighted by atomic mass is 9.93. The van der Waals surface area contributed by atoms with Crippen molar-refractivity contribution in [1.29, 1.82) is 0 Å². The van der Waals surface area contributed by atoms with Crippen molar-refractivity contribution in [2.24, 2.45) is 0 Å². The molecule has 0 aliphatic carbocycles. The van der Waals surface area contributed by atoms with Crippen LogP contribution in [0.2, 0.25) is 0 Å². The topological polar surface area (TPSA) is 90.2 Å². The van der Waals surface area contributed by atoms with Gasteiger partial charge < -0.3 is 20.1 Å². The number of esters is 1. The maximum Gasteiger partial charge on any atom is 0.306 e. The molecule has 0 amide bonds. The summed E-state index contributed by atoms with van der Waals surface area (Å²) in [5.74, 6) is -0.355. The van der Waals surface area contributed by atoms with Gasteiger partial charge in [0, 0.05) is 19.5 Å². The first kappa shape index (κ1) is 16.7. The molecule has 6 nitrogen and oxygen atoms in total. The third kappa shape index (κ3) is 3.38. The van der Waals surface area contributed by atoms with E-state index in [2.05, 4.69) is 0 Å². The lowest BCUT2D eigenvalue weighted by Gasteiger charge is -2.42. The molecule has 0 saturated carbocycles. The maximum atomic E-state index is 11.4. The monoisotopic (exact) mass is 295 g/mol. The molecule has 0 radical (unpaired) electrons. The van der Waals surface area contributed by atoms with Crippen LogP contribution < -0.4 is 0 Å². The number of piperidine rings is 1. The van der Waals surface area contributed by atoms with Crippen LogP contribution in [0, 0.1) is 0 Å². The molecule has 0 aromatic rings. The molecule has 2 aliphatic heterocycles. The number of halogens is 1. The minimum Gasteiger partial charge on any atom is -0.458 e. The van der Waals surface area contributed by atoms with Gasteiger partial charge in [-0.1, -0.05) is 6.92 Å². The summed E-state index contributed by atoms with van der Waals surface area (Å²) in [4.78, 5) is 13.3. The van der Waals surface area contributed by atoms with Crippen LogP contribution in [0.5, 0.6) is 0 Å². The lowest BCUT2D eigenvalue weighted by Crippen LogP contribution is -2.62. The Morgan fingerprint density at radius 2 is 2.00 bits per heavy atom. The summed E-state index contributed by atoms with van der Waals surface area (Å²) < 4.78 is 5.19. The fourth-order valence-electron chi connectivity index (χ4n) is 2.82. The van der Waals surface area contributed by atoms with Crippen LogP contribution in [0.15, 0.2) is 0 Å². The van der Waals surface area contributed by atoms with E-state index in [1.807, 2.05) is 11.8 Å². The second kappa shape index (κ2) is 6.85. The first-order valence-electron chi connectivity index (χ1n) is 6.52. The predicted octanol–water partition coefficient (Wildman–Crippen LogP) is -0.709. The number of fused-ring (bicyclic) bond motifs is 1. The van der Waals surface area contributed by atoms with E-state index in [4.69, 9.17) is 4.74 Å². The van der Waals surface area contributed by atoms with Crippen molar-refractivity contribution in [3.63, 3.8) is 0 Å². The molecule has 19 heavy (non-hydrogen) atoms. The molecule has 112 valence electrons. The largest absolute Gasteiger partial charge is 0.458 e. The van der Waals surface area contributed by atoms with Crippen LogP contribution in [0.1, 0.15) is 26.2 Å². The zero-order valence-corrected chi connectivity index (χ0v) is 11.8. The van der Waals surface area contributed by atoms with Gasteiger partial charge in [0.05, 0.1) is 12.1 Å². The van der Waals surface area contributed by atoms with E-state index >= 15 is 0 Å². The third-order valence-electron chi connectivity index (χ3n) is 3.76. The maximum absolute atomic E-state index is 11.4. The number of carbonyl (C=O) groups is 1. The van der Waals surface area contributed by atoms with Gasteiger partial charge >= 0.3 is 5.97 Å². The Morgan fingerprint density at radius 1 is 1.32 bits per heavy atom. The minimum atomic E-state index is -1.13. The summed E-state index contributed by atoms with van der Waals surface area (Å²) in [6, 6.07) is -0.443. The normalized spacial score (nSPS) is 38.4. The molecule has 7 heteroatoms. The molecule has 0 aromatic carbocycles. The van der Waals surface area contributed by atoms with Crippen LogP contribution in [-0.2, 0) is 9.53 Å². The van der Waals surface area contributed by atoms with E-state index in [9.17, 15) is 20.1 Å². The Morgan fingerprint density at radius 3 is 2.63 bits per heavy atom. The number of rotatable bonds is 3. The van der Waals surface area contributed by atoms with Crippen molar-refractivity contribution in [3.8, 4) is 0 Å². The molecule has 2 heterocycles. The molecule has 3 N–H and O–H groups in total. The minimum absolute atomic E-state index is 0. The van der Waals surface area contributed by atoms with Crippen molar-refractivity contribution in [1.82, 2.24) is 4.90 Å². The first-order chi connectivity index (χ1) is 8.54. The Balaban J connectivity index is 0.00000180. The van der Waals surface area contributed by atoms with E-state index in [1.165, 1.54) is 0 Å². The zero-order chi connectivity index (χ0) is 13.3. The Labute approximate surface area is 118 Å². The average Bonchev–Trinajstić information content (AvgIpc) is 2.67. The van der Waals surface area contributed by atoms with Crippen molar-refractivity contribution < 1.29 is 24.9 Å². The van der Waals surface area contributed by atoms with Gasteiger partial charge in [0.1, 0.15) is 18.3 Å². The molecule has 2 rings (SSSR count). The highest BCUT2D eigenvalue weighted by atomic mass is 35.5. The lowest BCUT2D eigenvalue weighted by molar-refractivity contribution is -0.178. The van der Waals surface area contributed by atoms with Gasteiger partial charge in [-0.3, -0.25) is 9.69 Å². The van der Waals surface area contributed by atoms with Crippen molar-refractivity contribution in [2.75, 3.05) is 13.1 Å². The van der Waals surface area contributed by atoms with Gasteiger partial charge in [-0.05, 0) is 12.8 Å². The number of carbonyl (C=O) groups excluding carboxylic acids is 1. The summed E-state index contributed by atoms with van der Waals surface area (Å²) >= 11 is 0. The van der Waals surface area contributed by atoms with E-state index in [0.717, 1.165) is 0 Å². The summed E-state index contributed by atoms with van der Waals surface area (Å²) in [6.45, 7) is 2.90. The number of hydrogen-bond donors (Lipinski definition) is 3. The number of aliphatic hydroxyl groups excluding tert-OH is 3. The highest BCUT2D eigenvalue weighted by molar-refractivity contribution is 5.85. The molecule has 0 spiro atoms. The number of aliphatic hydroxyl groups is 3. The van der Waals surface area contributed by atoms with Crippen molar-refractivity contribution in [2.45, 2.75) is 56.6 Å². The smallest absolute Gasteiger partial charge is 0.306 e. The Bertz CT molecular complexity index is 316. The highest BCUT2D eigenvalue weighted by Gasteiger charge is 2.49. The second-order valence-corrected chi connectivity index (χ2v) is 5.10. The van der Waals surface area contributed by atoms with Crippen LogP contribution in [0.4, 0.5) is 0 Å². The predicted molar refractivity (Wildman–Crippen MR) is 70.0 cm³/mol. The summed E-state index contributed by atoms with van der Waals surface area (Å²) in [6.07, 6.45) is -1.96. The van der Waals surface area contributed by atoms with E-state index in [0.29, 0.717) is 32.4 Å². The van der Waals surface area contributed by atoms with Gasteiger partial charge in [-0.2, -0.15) is 0 Å². The molecular weight excluding hydrogens is 274 g/mol. The van der Waals surface area contributed by atoms with Gasteiger partial charge in [-0.25, -0.2) is 0 Å². The summed E-state index contributed by atoms with van der Waals surface area (Å²) in [5, 5.41) is 29.7. The Hall–Kier alpha value is -0.400.